The van der Waals surface area contributed by atoms with Crippen molar-refractivity contribution in [3.05, 3.63) is 78.1 Å². The van der Waals surface area contributed by atoms with Crippen LogP contribution >= 0.6 is 25.6 Å². The molecule has 6 heteroatoms. The van der Waals surface area contributed by atoms with Crippen LogP contribution < -0.4 is 10.6 Å². The zero-order valence-electron chi connectivity index (χ0n) is 13.4. The maximum absolute atomic E-state index is 14.0. The van der Waals surface area contributed by atoms with Gasteiger partial charge in [-0.3, -0.25) is 0 Å². The van der Waals surface area contributed by atoms with E-state index in [-0.39, 0.29) is 20.1 Å². The van der Waals surface area contributed by atoms with Gasteiger partial charge < -0.3 is 5.11 Å². The SMILES string of the molecule is Cc1ccc(Pc2cc(-c3ccccc3)ccc2O)c(F)c1.[Cl][Zr][Cl]. The van der Waals surface area contributed by atoms with Crippen molar-refractivity contribution < 1.29 is 30.3 Å². The van der Waals surface area contributed by atoms with E-state index in [1.54, 1.807) is 12.1 Å². The molecular formula is C19H16Cl2FOPZr. The van der Waals surface area contributed by atoms with E-state index in [9.17, 15) is 9.50 Å². The zero-order valence-corrected chi connectivity index (χ0v) is 18.4. The number of benzene rings is 3. The summed E-state index contributed by atoms with van der Waals surface area (Å²) in [6.07, 6.45) is 0. The van der Waals surface area contributed by atoms with Crippen LogP contribution in [0.15, 0.2) is 66.7 Å². The number of phenols is 1. The van der Waals surface area contributed by atoms with E-state index in [1.807, 2.05) is 55.5 Å². The summed E-state index contributed by atoms with van der Waals surface area (Å²) in [5, 5.41) is 11.4. The van der Waals surface area contributed by atoms with Gasteiger partial charge in [0.1, 0.15) is 11.6 Å². The second-order valence-electron chi connectivity index (χ2n) is 5.28. The first-order valence-corrected chi connectivity index (χ1v) is 14.8. The summed E-state index contributed by atoms with van der Waals surface area (Å²) < 4.78 is 14.0. The van der Waals surface area contributed by atoms with Gasteiger partial charge in [0.2, 0.25) is 0 Å². The molecule has 0 heterocycles. The van der Waals surface area contributed by atoms with Gasteiger partial charge in [0, 0.05) is 10.6 Å². The van der Waals surface area contributed by atoms with Gasteiger partial charge in [0.05, 0.1) is 0 Å². The molecule has 3 rings (SSSR count). The van der Waals surface area contributed by atoms with Crippen molar-refractivity contribution >= 4 is 36.2 Å². The minimum atomic E-state index is -0.826. The molecule has 1 atom stereocenters. The summed E-state index contributed by atoms with van der Waals surface area (Å²) in [6.45, 7) is 1.86. The summed E-state index contributed by atoms with van der Waals surface area (Å²) in [5.41, 5.74) is 3.00. The van der Waals surface area contributed by atoms with Crippen LogP contribution in [0.25, 0.3) is 11.1 Å². The van der Waals surface area contributed by atoms with Crippen LogP contribution in [-0.2, 0) is 20.8 Å². The van der Waals surface area contributed by atoms with Gasteiger partial charge in [-0.2, -0.15) is 0 Å². The van der Waals surface area contributed by atoms with Gasteiger partial charge in [-0.05, 0) is 41.8 Å². The number of halogens is 3. The third-order valence-electron chi connectivity index (χ3n) is 3.50. The average Bonchev–Trinajstić information content (AvgIpc) is 2.60. The number of hydrogen-bond acceptors (Lipinski definition) is 1. The van der Waals surface area contributed by atoms with E-state index in [0.717, 1.165) is 22.0 Å². The average molecular weight is 472 g/mol. The molecule has 1 N–H and O–H groups in total. The molecule has 0 saturated carbocycles. The number of aromatic hydroxyl groups is 1. The Hall–Kier alpha value is -0.717. The van der Waals surface area contributed by atoms with E-state index >= 15 is 0 Å². The molecule has 0 aliphatic heterocycles. The molecule has 128 valence electrons. The second kappa shape index (κ2) is 10.4. The summed E-state index contributed by atoms with van der Waals surface area (Å²) in [4.78, 5) is 0. The summed E-state index contributed by atoms with van der Waals surface area (Å²) >= 11 is -0.826. The summed E-state index contributed by atoms with van der Waals surface area (Å²) in [5.74, 6) is -0.0131. The van der Waals surface area contributed by atoms with Gasteiger partial charge in [-0.1, -0.05) is 57.1 Å². The van der Waals surface area contributed by atoms with Crippen molar-refractivity contribution in [2.75, 3.05) is 0 Å². The van der Waals surface area contributed by atoms with Crippen molar-refractivity contribution in [1.29, 1.82) is 0 Å². The Morgan fingerprint density at radius 2 is 1.56 bits per heavy atom. The molecule has 3 aromatic carbocycles. The molecule has 0 aliphatic rings. The Bertz CT molecular complexity index is 831. The van der Waals surface area contributed by atoms with Crippen LogP contribution in [0.4, 0.5) is 4.39 Å². The summed E-state index contributed by atoms with van der Waals surface area (Å²) in [7, 11) is 9.95. The quantitative estimate of drug-likeness (QED) is 0.499. The number of rotatable bonds is 3. The van der Waals surface area contributed by atoms with Crippen molar-refractivity contribution in [2.24, 2.45) is 0 Å². The molecule has 25 heavy (non-hydrogen) atoms. The fraction of sp³-hybridized carbons (Fsp3) is 0.0526. The van der Waals surface area contributed by atoms with Crippen LogP contribution in [0, 0.1) is 12.7 Å². The Morgan fingerprint density at radius 3 is 2.20 bits per heavy atom. The third kappa shape index (κ3) is 6.19. The first kappa shape index (κ1) is 20.6. The second-order valence-corrected chi connectivity index (χ2v) is 10.3. The molecule has 0 radical (unpaired) electrons. The predicted molar refractivity (Wildman–Crippen MR) is 104 cm³/mol. The van der Waals surface area contributed by atoms with E-state index < -0.39 is 20.8 Å². The molecule has 0 spiro atoms. The van der Waals surface area contributed by atoms with E-state index in [1.165, 1.54) is 6.07 Å². The van der Waals surface area contributed by atoms with Crippen molar-refractivity contribution in [2.45, 2.75) is 6.92 Å². The molecule has 0 aromatic heterocycles. The molecule has 1 nitrogen and oxygen atoms in total. The monoisotopic (exact) mass is 470 g/mol. The standard InChI is InChI=1S/C19H16FOP.2ClH.Zr/c1-13-7-10-18(16(20)11-13)22-19-12-15(8-9-17(19)21)14-5-3-2-4-6-14;;;/h2-12,21-22H,1H3;2*1H;/q;;;+2/p-2. The normalized spacial score (nSPS) is 10.4. The Kier molecular flexibility index (Phi) is 8.60. The fourth-order valence-corrected chi connectivity index (χ4v) is 3.40. The zero-order chi connectivity index (χ0) is 18.2. The maximum atomic E-state index is 14.0. The van der Waals surface area contributed by atoms with E-state index in [4.69, 9.17) is 17.0 Å². The summed E-state index contributed by atoms with van der Waals surface area (Å²) in [6, 6.07) is 20.7. The van der Waals surface area contributed by atoms with Crippen molar-refractivity contribution in [1.82, 2.24) is 0 Å². The number of phenolic OH excluding ortho intramolecular Hbond substituents is 1. The Morgan fingerprint density at radius 1 is 0.880 bits per heavy atom. The van der Waals surface area contributed by atoms with Gasteiger partial charge in [0.25, 0.3) is 0 Å². The predicted octanol–water partition coefficient (Wildman–Crippen LogP) is 5.51. The third-order valence-corrected chi connectivity index (χ3v) is 4.84. The van der Waals surface area contributed by atoms with Crippen molar-refractivity contribution in [3.63, 3.8) is 0 Å². The van der Waals surface area contributed by atoms with Crippen LogP contribution in [0.3, 0.4) is 0 Å². The topological polar surface area (TPSA) is 20.2 Å². The van der Waals surface area contributed by atoms with Crippen LogP contribution in [0.5, 0.6) is 5.75 Å². The van der Waals surface area contributed by atoms with Crippen LogP contribution in [0.1, 0.15) is 5.56 Å². The molecule has 3 aromatic rings. The number of aryl methyl sites for hydroxylation is 1. The van der Waals surface area contributed by atoms with Gasteiger partial charge in [-0.15, -0.1) is 0 Å². The number of hydrogen-bond donors (Lipinski definition) is 1. The Balaban J connectivity index is 0.000000701. The first-order chi connectivity index (χ1) is 12.0. The van der Waals surface area contributed by atoms with Gasteiger partial charge in [0.15, 0.2) is 0 Å². The first-order valence-electron chi connectivity index (χ1n) is 7.43. The molecule has 0 bridgehead atoms. The van der Waals surface area contributed by atoms with E-state index in [0.29, 0.717) is 5.30 Å². The fourth-order valence-electron chi connectivity index (χ4n) is 2.31. The molecule has 0 saturated heterocycles. The Labute approximate surface area is 167 Å². The molecular weight excluding hydrogens is 456 g/mol. The minimum absolute atomic E-state index is 0.0871. The van der Waals surface area contributed by atoms with E-state index in [2.05, 4.69) is 0 Å². The van der Waals surface area contributed by atoms with Crippen LogP contribution in [-0.4, -0.2) is 5.11 Å². The molecule has 0 amide bonds. The van der Waals surface area contributed by atoms with Gasteiger partial charge >= 0.3 is 37.9 Å². The molecule has 0 aliphatic carbocycles. The van der Waals surface area contributed by atoms with Crippen molar-refractivity contribution in [3.8, 4) is 16.9 Å². The molecule has 1 unspecified atom stereocenters. The molecule has 0 fully saturated rings. The van der Waals surface area contributed by atoms with Crippen LogP contribution in [0.2, 0.25) is 0 Å². The van der Waals surface area contributed by atoms with Gasteiger partial charge in [-0.25, -0.2) is 4.39 Å².